The van der Waals surface area contributed by atoms with Gasteiger partial charge in [0.2, 0.25) is 5.91 Å². The SMILES string of the molecule is CCCCCCC/C=C\C/C=C\CCCCCCCCCCCCCCCCCCCCCCCCCC(=O)NC(COC1OC(CO)C(OC2OC(CO)C(OC3OC(CO)C(O)C(O)C3O)C(O)C2O)C(O)C1O)C(O)/C=C/CC/C=C/CC/C=C/CCCCCCCCCCCCCCCCCCCCC. The van der Waals surface area contributed by atoms with Gasteiger partial charge in [-0.15, -0.1) is 0 Å². The van der Waals surface area contributed by atoms with E-state index in [2.05, 4.69) is 67.8 Å². The molecule has 17 unspecified atom stereocenters. The maximum atomic E-state index is 13.5. The molecule has 1 amide bonds. The summed E-state index contributed by atoms with van der Waals surface area (Å²) >= 11 is 0. The molecule has 0 saturated carbocycles. The monoisotopic (exact) mass is 1550 g/mol. The Morgan fingerprint density at radius 2 is 0.615 bits per heavy atom. The predicted octanol–water partition coefficient (Wildman–Crippen LogP) is 17.0. The molecule has 0 aliphatic carbocycles. The third-order valence-electron chi connectivity index (χ3n) is 22.3. The highest BCUT2D eigenvalue weighted by Gasteiger charge is 2.54. The van der Waals surface area contributed by atoms with Crippen LogP contribution in [0.1, 0.15) is 373 Å². The predicted molar refractivity (Wildman–Crippen MR) is 439 cm³/mol. The Balaban J connectivity index is 1.34. The van der Waals surface area contributed by atoms with Gasteiger partial charge < -0.3 is 89.9 Å². The Morgan fingerprint density at radius 1 is 0.330 bits per heavy atom. The first kappa shape index (κ1) is 101. The van der Waals surface area contributed by atoms with Crippen LogP contribution in [0.2, 0.25) is 0 Å². The van der Waals surface area contributed by atoms with Gasteiger partial charge in [0.1, 0.15) is 73.2 Å². The van der Waals surface area contributed by atoms with Gasteiger partial charge in [0.15, 0.2) is 18.9 Å². The first-order valence-corrected chi connectivity index (χ1v) is 45.0. The summed E-state index contributed by atoms with van der Waals surface area (Å²) in [6.07, 6.45) is 65.2. The molecule has 0 bridgehead atoms. The van der Waals surface area contributed by atoms with E-state index in [0.29, 0.717) is 12.8 Å². The fraction of sp³-hybridized carbons (Fsp3) is 0.878. The molecule has 0 radical (unpaired) electrons. The second-order valence-electron chi connectivity index (χ2n) is 32.0. The number of rotatable bonds is 73. The highest BCUT2D eigenvalue weighted by molar-refractivity contribution is 5.76. The third kappa shape index (κ3) is 48.6. The molecule has 0 aromatic heterocycles. The van der Waals surface area contributed by atoms with E-state index >= 15 is 0 Å². The highest BCUT2D eigenvalue weighted by Crippen LogP contribution is 2.34. The quantitative estimate of drug-likeness (QED) is 0.0199. The summed E-state index contributed by atoms with van der Waals surface area (Å²) in [6, 6.07) is -0.999. The maximum Gasteiger partial charge on any atom is 0.220 e. The van der Waals surface area contributed by atoms with E-state index in [-0.39, 0.29) is 18.9 Å². The van der Waals surface area contributed by atoms with Crippen LogP contribution >= 0.6 is 0 Å². The number of amides is 1. The van der Waals surface area contributed by atoms with Crippen molar-refractivity contribution in [3.05, 3.63) is 60.8 Å². The number of ether oxygens (including phenoxy) is 6. The van der Waals surface area contributed by atoms with Crippen LogP contribution in [0.5, 0.6) is 0 Å². The van der Waals surface area contributed by atoms with Crippen molar-refractivity contribution in [2.45, 2.75) is 478 Å². The topological polar surface area (TPSA) is 307 Å². The Kier molecular flexibility index (Phi) is 64.4. The van der Waals surface area contributed by atoms with Crippen LogP contribution in [0, 0.1) is 0 Å². The summed E-state index contributed by atoms with van der Waals surface area (Å²) in [5.74, 6) is -0.283. The first-order chi connectivity index (χ1) is 53.3. The number of carbonyl (C=O) groups is 1. The van der Waals surface area contributed by atoms with E-state index in [4.69, 9.17) is 28.4 Å². The molecule has 0 aromatic carbocycles. The van der Waals surface area contributed by atoms with Crippen LogP contribution in [-0.4, -0.2) is 193 Å². The van der Waals surface area contributed by atoms with Gasteiger partial charge in [0.05, 0.1) is 38.6 Å². The van der Waals surface area contributed by atoms with Crippen molar-refractivity contribution in [2.24, 2.45) is 0 Å². The van der Waals surface area contributed by atoms with Gasteiger partial charge in [0, 0.05) is 6.42 Å². The number of allylic oxidation sites excluding steroid dienone is 9. The smallest absolute Gasteiger partial charge is 0.220 e. The zero-order valence-electron chi connectivity index (χ0n) is 68.8. The summed E-state index contributed by atoms with van der Waals surface area (Å²) in [5.41, 5.74) is 0. The Hall–Kier alpha value is -2.51. The number of aliphatic hydroxyl groups excluding tert-OH is 11. The molecular weight excluding hydrogens is 1380 g/mol. The molecule has 3 fully saturated rings. The fourth-order valence-corrected chi connectivity index (χ4v) is 15.1. The minimum absolute atomic E-state index is 0.234. The molecule has 3 aliphatic rings. The molecule has 12 N–H and O–H groups in total. The number of aliphatic hydroxyl groups is 11. The Labute approximate surface area is 662 Å². The summed E-state index contributed by atoms with van der Waals surface area (Å²) in [4.78, 5) is 13.5. The van der Waals surface area contributed by atoms with Gasteiger partial charge in [0.25, 0.3) is 0 Å². The van der Waals surface area contributed by atoms with Crippen molar-refractivity contribution in [1.29, 1.82) is 0 Å². The van der Waals surface area contributed by atoms with E-state index in [1.54, 1.807) is 6.08 Å². The van der Waals surface area contributed by atoms with Gasteiger partial charge >= 0.3 is 0 Å². The molecule has 0 aromatic rings. The third-order valence-corrected chi connectivity index (χ3v) is 22.3. The average Bonchev–Trinajstić information content (AvgIpc) is 0.749. The van der Waals surface area contributed by atoms with Crippen LogP contribution in [0.4, 0.5) is 0 Å². The first-order valence-electron chi connectivity index (χ1n) is 45.0. The van der Waals surface area contributed by atoms with Gasteiger partial charge in [-0.2, -0.15) is 0 Å². The van der Waals surface area contributed by atoms with E-state index in [0.717, 1.165) is 51.4 Å². The summed E-state index contributed by atoms with van der Waals surface area (Å²) < 4.78 is 34.5. The molecule has 638 valence electrons. The van der Waals surface area contributed by atoms with Crippen molar-refractivity contribution < 1.29 is 89.4 Å². The second-order valence-corrected chi connectivity index (χ2v) is 32.0. The van der Waals surface area contributed by atoms with Gasteiger partial charge in [-0.25, -0.2) is 0 Å². The molecule has 3 rings (SSSR count). The lowest BCUT2D eigenvalue weighted by Gasteiger charge is -2.48. The van der Waals surface area contributed by atoms with Gasteiger partial charge in [-0.05, 0) is 77.0 Å². The lowest BCUT2D eigenvalue weighted by atomic mass is 9.96. The molecule has 0 spiro atoms. The number of hydrogen-bond acceptors (Lipinski definition) is 18. The number of nitrogens with one attached hydrogen (secondary N) is 1. The molecular formula is C90H165NO18. The summed E-state index contributed by atoms with van der Waals surface area (Å²) in [7, 11) is 0. The largest absolute Gasteiger partial charge is 0.394 e. The molecule has 19 nitrogen and oxygen atoms in total. The van der Waals surface area contributed by atoms with E-state index in [1.165, 1.54) is 289 Å². The van der Waals surface area contributed by atoms with Crippen LogP contribution in [-0.2, 0) is 33.2 Å². The summed E-state index contributed by atoms with van der Waals surface area (Å²) in [5, 5.41) is 121. The molecule has 17 atom stereocenters. The standard InChI is InChI=1S/C90H165NO18/c1-3-5-7-9-11-13-15-17-19-21-23-25-27-29-31-33-34-35-36-37-38-40-42-44-46-48-50-52-54-56-58-60-62-64-66-68-78(96)91-73(74(95)67-65-63-61-59-57-55-53-51-49-47-45-43-41-39-32-30-28-26-24-22-20-18-16-14-12-10-8-6-4-2)72-104-88-84(102)81(99)86(76(70-93)106-88)109-90-85(103)82(100)87(77(71-94)107-90)108-89-83(101)80(98)79(97)75(69-92)105-89/h15,17,21,23,49,51,57,59,65,67,73-77,79-90,92-95,97-103H,3-14,16,18-20,22,24-48,50,52-56,58,60-64,66,68-72H2,1-2H3,(H,91,96)/b17-15-,23-21-,51-49+,59-57+,67-65+. The summed E-state index contributed by atoms with van der Waals surface area (Å²) in [6.45, 7) is 1.76. The Bertz CT molecular complexity index is 2200. The zero-order chi connectivity index (χ0) is 78.8. The fourth-order valence-electron chi connectivity index (χ4n) is 15.1. The molecule has 3 aliphatic heterocycles. The normalized spacial score (nSPS) is 25.5. The molecule has 3 heterocycles. The van der Waals surface area contributed by atoms with Gasteiger partial charge in [-0.1, -0.05) is 351 Å². The minimum Gasteiger partial charge on any atom is -0.394 e. The average molecular weight is 1550 g/mol. The van der Waals surface area contributed by atoms with Crippen molar-refractivity contribution >= 4 is 5.91 Å². The molecule has 3 saturated heterocycles. The number of carbonyl (C=O) groups excluding carboxylic acids is 1. The van der Waals surface area contributed by atoms with Crippen molar-refractivity contribution in [3.8, 4) is 0 Å². The van der Waals surface area contributed by atoms with E-state index in [1.807, 2.05) is 6.08 Å². The number of unbranched alkanes of at least 4 members (excludes halogenated alkanes) is 49. The van der Waals surface area contributed by atoms with Crippen LogP contribution < -0.4 is 5.32 Å². The lowest BCUT2D eigenvalue weighted by molar-refractivity contribution is -0.379. The van der Waals surface area contributed by atoms with Crippen molar-refractivity contribution in [1.82, 2.24) is 5.32 Å². The maximum absolute atomic E-state index is 13.5. The van der Waals surface area contributed by atoms with E-state index < -0.39 is 124 Å². The minimum atomic E-state index is -1.98. The Morgan fingerprint density at radius 3 is 0.972 bits per heavy atom. The molecule has 19 heteroatoms. The van der Waals surface area contributed by atoms with Crippen molar-refractivity contribution in [3.63, 3.8) is 0 Å². The highest BCUT2D eigenvalue weighted by atomic mass is 16.8. The van der Waals surface area contributed by atoms with Crippen molar-refractivity contribution in [2.75, 3.05) is 26.4 Å². The van der Waals surface area contributed by atoms with Crippen LogP contribution in [0.25, 0.3) is 0 Å². The van der Waals surface area contributed by atoms with Crippen LogP contribution in [0.3, 0.4) is 0 Å². The zero-order valence-corrected chi connectivity index (χ0v) is 68.8. The number of hydrogen-bond donors (Lipinski definition) is 12. The molecule has 109 heavy (non-hydrogen) atoms. The lowest BCUT2D eigenvalue weighted by Crippen LogP contribution is -2.66. The second kappa shape index (κ2) is 69.8. The van der Waals surface area contributed by atoms with E-state index in [9.17, 15) is 61.0 Å². The van der Waals surface area contributed by atoms with Gasteiger partial charge in [-0.3, -0.25) is 4.79 Å². The van der Waals surface area contributed by atoms with Crippen LogP contribution in [0.15, 0.2) is 60.8 Å².